The highest BCUT2D eigenvalue weighted by Crippen LogP contribution is 2.48. The van der Waals surface area contributed by atoms with Crippen LogP contribution in [0.5, 0.6) is 5.75 Å². The zero-order valence-corrected chi connectivity index (χ0v) is 44.4. The van der Waals surface area contributed by atoms with E-state index < -0.39 is 41.9 Å². The Morgan fingerprint density at radius 3 is 2.16 bits per heavy atom. The molecule has 18 heteroatoms. The molecule has 3 fully saturated rings. The van der Waals surface area contributed by atoms with Crippen molar-refractivity contribution in [1.82, 2.24) is 30.0 Å². The Kier molecular flexibility index (Phi) is 14.3. The number of fused-ring (bicyclic) bond motifs is 5. The first-order valence-electron chi connectivity index (χ1n) is 26.1. The van der Waals surface area contributed by atoms with E-state index in [1.807, 2.05) is 62.0 Å². The first-order chi connectivity index (χ1) is 35.5. The number of carbonyl (C=O) groups excluding carboxylic acids is 4. The van der Waals surface area contributed by atoms with Crippen LogP contribution >= 0.6 is 11.3 Å². The summed E-state index contributed by atoms with van der Waals surface area (Å²) in [6.07, 6.45) is 9.84. The molecule has 0 saturated carbocycles. The maximum absolute atomic E-state index is 17.1. The van der Waals surface area contributed by atoms with Crippen molar-refractivity contribution in [1.29, 1.82) is 0 Å². The van der Waals surface area contributed by atoms with Gasteiger partial charge in [-0.3, -0.25) is 24.1 Å². The Bertz CT molecular complexity index is 3010. The molecule has 74 heavy (non-hydrogen) atoms. The highest BCUT2D eigenvalue weighted by Gasteiger charge is 2.44. The fourth-order valence-corrected chi connectivity index (χ4v) is 13.0. The van der Waals surface area contributed by atoms with Gasteiger partial charge in [0, 0.05) is 74.4 Å². The van der Waals surface area contributed by atoms with E-state index in [1.165, 1.54) is 14.2 Å². The maximum atomic E-state index is 17.1. The van der Waals surface area contributed by atoms with Crippen LogP contribution in [-0.4, -0.2) is 118 Å². The summed E-state index contributed by atoms with van der Waals surface area (Å²) < 4.78 is 41.8. The third-order valence-electron chi connectivity index (χ3n) is 15.4. The van der Waals surface area contributed by atoms with E-state index in [9.17, 15) is 19.2 Å². The lowest BCUT2D eigenvalue weighted by molar-refractivity contribution is -0.138. The third kappa shape index (κ3) is 9.98. The van der Waals surface area contributed by atoms with Crippen LogP contribution in [0.1, 0.15) is 120 Å². The molecule has 6 atom stereocenters. The highest BCUT2D eigenvalue weighted by atomic mass is 32.1. The fourth-order valence-electron chi connectivity index (χ4n) is 11.8. The van der Waals surface area contributed by atoms with Crippen molar-refractivity contribution in [2.45, 2.75) is 135 Å². The average Bonchev–Trinajstić information content (AvgIpc) is 4.24. The summed E-state index contributed by atoms with van der Waals surface area (Å²) in [4.78, 5) is 72.3. The Morgan fingerprint density at radius 1 is 0.851 bits per heavy atom. The molecule has 4 amide bonds. The highest BCUT2D eigenvalue weighted by molar-refractivity contribution is 7.11. The van der Waals surface area contributed by atoms with E-state index in [2.05, 4.69) is 47.2 Å². The third-order valence-corrected chi connectivity index (χ3v) is 16.5. The second-order valence-corrected chi connectivity index (χ2v) is 23.0. The number of amides is 4. The lowest BCUT2D eigenvalue weighted by atomic mass is 9.82. The number of nitrogens with one attached hydrogen (secondary N) is 2. The van der Waals surface area contributed by atoms with Gasteiger partial charge in [-0.05, 0) is 123 Å². The predicted molar refractivity (Wildman–Crippen MR) is 283 cm³/mol. The van der Waals surface area contributed by atoms with Crippen molar-refractivity contribution in [2.75, 3.05) is 33.9 Å². The van der Waals surface area contributed by atoms with Gasteiger partial charge in [-0.25, -0.2) is 19.0 Å². The molecule has 4 aromatic rings. The van der Waals surface area contributed by atoms with E-state index >= 15 is 4.39 Å². The molecule has 392 valence electrons. The number of aromatic nitrogens is 2. The van der Waals surface area contributed by atoms with E-state index in [0.717, 1.165) is 81.0 Å². The summed E-state index contributed by atoms with van der Waals surface area (Å²) in [7, 11) is 2.59. The number of allylic oxidation sites excluding steroid dienone is 2. The summed E-state index contributed by atoms with van der Waals surface area (Å²) >= 11 is 1.60. The lowest BCUT2D eigenvalue weighted by Gasteiger charge is -2.40. The Labute approximate surface area is 435 Å². The van der Waals surface area contributed by atoms with E-state index in [-0.39, 0.29) is 35.7 Å². The summed E-state index contributed by atoms with van der Waals surface area (Å²) in [5.74, 6) is -0.178. The summed E-state index contributed by atoms with van der Waals surface area (Å²) in [6, 6.07) is 9.80. The molecule has 0 spiro atoms. The number of benzene rings is 2. The number of alkyl carbamates (subject to hydrolysis) is 2. The molecule has 0 aliphatic carbocycles. The normalized spacial score (nSPS) is 22.9. The van der Waals surface area contributed by atoms with Crippen molar-refractivity contribution < 1.29 is 42.5 Å². The van der Waals surface area contributed by atoms with Gasteiger partial charge < -0.3 is 39.4 Å². The van der Waals surface area contributed by atoms with Gasteiger partial charge in [-0.1, -0.05) is 33.8 Å². The van der Waals surface area contributed by atoms with Gasteiger partial charge in [0.05, 0.1) is 58.6 Å². The Hall–Kier alpha value is -6.40. The molecule has 2 aromatic heterocycles. The molecule has 10 rings (SSSR count). The molecule has 2 aromatic carbocycles. The quantitative estimate of drug-likeness (QED) is 0.132. The number of hydrogen-bond donors (Lipinski definition) is 2. The van der Waals surface area contributed by atoms with Gasteiger partial charge in [0.1, 0.15) is 23.7 Å². The zero-order valence-electron chi connectivity index (χ0n) is 43.5. The summed E-state index contributed by atoms with van der Waals surface area (Å²) in [5, 5.41) is 7.50. The predicted octanol–water partition coefficient (Wildman–Crippen LogP) is 9.71. The van der Waals surface area contributed by atoms with Gasteiger partial charge in [0.2, 0.25) is 18.0 Å². The van der Waals surface area contributed by atoms with Gasteiger partial charge in [0.25, 0.3) is 0 Å². The number of hydrogen-bond acceptors (Lipinski definition) is 12. The molecule has 8 heterocycles. The number of thiazole rings is 1. The van der Waals surface area contributed by atoms with Crippen LogP contribution < -0.4 is 15.4 Å². The number of aliphatic imine (C=N–C) groups is 2. The van der Waals surface area contributed by atoms with Gasteiger partial charge in [-0.2, -0.15) is 0 Å². The van der Waals surface area contributed by atoms with Crippen molar-refractivity contribution in [3.8, 4) is 17.0 Å². The number of carbonyl (C=O) groups is 4. The second kappa shape index (κ2) is 20.7. The van der Waals surface area contributed by atoms with Crippen molar-refractivity contribution >= 4 is 68.8 Å². The van der Waals surface area contributed by atoms with Crippen molar-refractivity contribution in [3.63, 3.8) is 0 Å². The Morgan fingerprint density at radius 2 is 1.51 bits per heavy atom. The van der Waals surface area contributed by atoms with Crippen LogP contribution in [0.25, 0.3) is 33.3 Å². The standard InChI is InChI=1S/C56H67FN8O8S/c1-30(2)19-47-60-29-46(74-47)53-65-41-14-13-32(36-22-39(58-27-36)43-12-10-17-64(43)52(67)50(62-55(69)71-8)33-15-18-72-56(5,6)26-33)20-35(41)24-44(65)48-38(57)21-34(25-45(48)73-53)37-23-40(59-28-37)42-11-9-16-63(42)51(66)49(31(3)4)61-54(68)70-7/h13-14,20-21,24-25,27-31,33,42-43,49-50,53H,9-12,15-19,22-23,26H2,1-8H3,(H,61,68)(H,62,69)/t33?,42-,43-,49-,50?,53?/m0/s1. The van der Waals surface area contributed by atoms with Crippen LogP contribution in [0.3, 0.4) is 0 Å². The minimum Gasteiger partial charge on any atom is -0.464 e. The number of nitrogens with zero attached hydrogens (tertiary/aromatic N) is 6. The molecular weight excluding hydrogens is 964 g/mol. The van der Waals surface area contributed by atoms with Gasteiger partial charge >= 0.3 is 12.2 Å². The molecule has 6 aliphatic rings. The van der Waals surface area contributed by atoms with Gasteiger partial charge in [0.15, 0.2) is 0 Å². The first-order valence-corrected chi connectivity index (χ1v) is 26.9. The summed E-state index contributed by atoms with van der Waals surface area (Å²) in [6.45, 7) is 13.8. The van der Waals surface area contributed by atoms with E-state index in [4.69, 9.17) is 33.9 Å². The molecule has 6 aliphatic heterocycles. The molecule has 3 unspecified atom stereocenters. The first kappa shape index (κ1) is 51.1. The van der Waals surface area contributed by atoms with Crippen LogP contribution in [0.2, 0.25) is 0 Å². The molecule has 0 bridgehead atoms. The molecule has 0 radical (unpaired) electrons. The fraction of sp³-hybridized carbons (Fsp3) is 0.518. The molecule has 16 nitrogen and oxygen atoms in total. The molecule has 2 N–H and O–H groups in total. The maximum Gasteiger partial charge on any atom is 0.407 e. The van der Waals surface area contributed by atoms with Crippen molar-refractivity contribution in [2.24, 2.45) is 27.7 Å². The minimum absolute atomic E-state index is 0.111. The van der Waals surface area contributed by atoms with Crippen LogP contribution in [0, 0.1) is 23.6 Å². The molecule has 3 saturated heterocycles. The van der Waals surface area contributed by atoms with E-state index in [1.54, 1.807) is 23.6 Å². The average molecular weight is 1030 g/mol. The second-order valence-electron chi connectivity index (χ2n) is 21.8. The number of ether oxygens (including phenoxy) is 4. The van der Waals surface area contributed by atoms with Gasteiger partial charge in [-0.15, -0.1) is 11.3 Å². The number of rotatable bonds is 13. The minimum atomic E-state index is -0.749. The monoisotopic (exact) mass is 1030 g/mol. The lowest BCUT2D eigenvalue weighted by Crippen LogP contribution is -2.56. The Balaban J connectivity index is 0.907. The number of likely N-dealkylation sites (tertiary alicyclic amines) is 2. The van der Waals surface area contributed by atoms with Crippen molar-refractivity contribution in [3.05, 3.63) is 81.8 Å². The largest absolute Gasteiger partial charge is 0.464 e. The SMILES string of the molecule is COC(=O)NC(C(=O)N1CCC[C@H]1C1=NC=C(c2ccc3c(c2)cc2n3C(c3cnc(CC(C)C)s3)Oc3cc(C4=CN=C([C@@H]5CCCN5C(=O)[C@@H](NC(=O)OC)C(C)C)C4)cc(F)c3-2)C1)C1CCOC(C)(C)C1. The zero-order chi connectivity index (χ0) is 52.2. The molecular formula is C56H67FN8O8S. The van der Waals surface area contributed by atoms with Crippen LogP contribution in [0.15, 0.2) is 65.0 Å². The number of methoxy groups -OCH3 is 2. The number of halogens is 1. The van der Waals surface area contributed by atoms with E-state index in [0.29, 0.717) is 73.9 Å². The van der Waals surface area contributed by atoms with Crippen LogP contribution in [0.4, 0.5) is 14.0 Å². The smallest absolute Gasteiger partial charge is 0.407 e. The van der Waals surface area contributed by atoms with Crippen LogP contribution in [-0.2, 0) is 30.2 Å². The topological polar surface area (TPSA) is 178 Å². The summed E-state index contributed by atoms with van der Waals surface area (Å²) in [5.41, 5.74) is 6.69.